The maximum atomic E-state index is 2.48. The molecule has 0 nitrogen and oxygen atoms in total. The summed E-state index contributed by atoms with van der Waals surface area (Å²) < 4.78 is 5.66. The van der Waals surface area contributed by atoms with E-state index in [-0.39, 0.29) is 0 Å². The molecule has 1 rings (SSSR count). The van der Waals surface area contributed by atoms with E-state index >= 15 is 0 Å². The molecule has 0 heterocycles. The molecule has 0 saturated heterocycles. The van der Waals surface area contributed by atoms with Gasteiger partial charge in [-0.3, -0.25) is 0 Å². The minimum Gasteiger partial charge on any atom is -0.0654 e. The molecule has 14 heavy (non-hydrogen) atoms. The normalized spacial score (nSPS) is 10.6. The molecule has 0 amide bonds. The van der Waals surface area contributed by atoms with Gasteiger partial charge in [0, 0.05) is 14.3 Å². The summed E-state index contributed by atoms with van der Waals surface area (Å²) in [5.74, 6) is 0. The highest BCUT2D eigenvalue weighted by atomic mass is 127. The molecule has 0 N–H and O–H groups in total. The molecule has 0 fully saturated rings. The summed E-state index contributed by atoms with van der Waals surface area (Å²) in [6, 6.07) is 2.29. The third-order valence-corrected chi connectivity index (χ3v) is 8.18. The van der Waals surface area contributed by atoms with Crippen molar-refractivity contribution in [2.45, 2.75) is 26.2 Å². The smallest absolute Gasteiger partial charge is 0.0400 e. The standard InChI is InChI=1S/C10H10I4/c1-2-3-4-6-7(11)5-8(12)10(14)9(6)13/h5H,2-4H2,1H3. The van der Waals surface area contributed by atoms with Crippen LogP contribution in [0.5, 0.6) is 0 Å². The van der Waals surface area contributed by atoms with Crippen LogP contribution in [-0.4, -0.2) is 0 Å². The van der Waals surface area contributed by atoms with E-state index in [1.807, 2.05) is 0 Å². The molecule has 0 bridgehead atoms. The number of halogens is 4. The van der Waals surface area contributed by atoms with Crippen LogP contribution in [-0.2, 0) is 6.42 Å². The van der Waals surface area contributed by atoms with Crippen LogP contribution in [0.1, 0.15) is 25.3 Å². The zero-order valence-corrected chi connectivity index (χ0v) is 16.3. The van der Waals surface area contributed by atoms with Crippen molar-refractivity contribution in [3.05, 3.63) is 25.9 Å². The maximum Gasteiger partial charge on any atom is 0.0400 e. The molecule has 0 aliphatic heterocycles. The molecule has 0 aliphatic rings. The highest BCUT2D eigenvalue weighted by Gasteiger charge is 2.11. The van der Waals surface area contributed by atoms with Crippen molar-refractivity contribution in [1.29, 1.82) is 0 Å². The summed E-state index contributed by atoms with van der Waals surface area (Å²) in [6.07, 6.45) is 3.79. The second-order valence-electron chi connectivity index (χ2n) is 3.05. The second kappa shape index (κ2) is 6.77. The molecule has 0 spiro atoms. The number of hydrogen-bond acceptors (Lipinski definition) is 0. The molecule has 0 aliphatic carbocycles. The van der Waals surface area contributed by atoms with Crippen LogP contribution in [0.15, 0.2) is 6.07 Å². The first kappa shape index (κ1) is 14.2. The van der Waals surface area contributed by atoms with Gasteiger partial charge in [0.15, 0.2) is 0 Å². The predicted molar refractivity (Wildman–Crippen MR) is 95.9 cm³/mol. The van der Waals surface area contributed by atoms with E-state index in [4.69, 9.17) is 0 Å². The van der Waals surface area contributed by atoms with Gasteiger partial charge in [0.2, 0.25) is 0 Å². The lowest BCUT2D eigenvalue weighted by Crippen LogP contribution is -1.99. The average molecular weight is 638 g/mol. The van der Waals surface area contributed by atoms with Gasteiger partial charge in [0.1, 0.15) is 0 Å². The van der Waals surface area contributed by atoms with E-state index in [2.05, 4.69) is 103 Å². The van der Waals surface area contributed by atoms with Crippen LogP contribution in [0.4, 0.5) is 0 Å². The van der Waals surface area contributed by atoms with Crippen LogP contribution in [0.2, 0.25) is 0 Å². The third-order valence-electron chi connectivity index (χ3n) is 1.99. The number of rotatable bonds is 3. The van der Waals surface area contributed by atoms with Crippen molar-refractivity contribution >= 4 is 90.4 Å². The molecule has 0 atom stereocenters. The topological polar surface area (TPSA) is 0 Å². The molecule has 0 aromatic heterocycles. The Labute approximate surface area is 140 Å². The van der Waals surface area contributed by atoms with Crippen molar-refractivity contribution in [2.75, 3.05) is 0 Å². The molecule has 0 radical (unpaired) electrons. The fraction of sp³-hybridized carbons (Fsp3) is 0.400. The minimum absolute atomic E-state index is 1.22. The van der Waals surface area contributed by atoms with E-state index in [1.54, 1.807) is 0 Å². The van der Waals surface area contributed by atoms with E-state index in [1.165, 1.54) is 39.1 Å². The first-order chi connectivity index (χ1) is 6.57. The summed E-state index contributed by atoms with van der Waals surface area (Å²) in [4.78, 5) is 0. The molecule has 1 aromatic carbocycles. The fourth-order valence-electron chi connectivity index (χ4n) is 1.19. The molecule has 4 heteroatoms. The first-order valence-electron chi connectivity index (χ1n) is 4.39. The van der Waals surface area contributed by atoms with Crippen LogP contribution in [0, 0.1) is 14.3 Å². The summed E-state index contributed by atoms with van der Waals surface area (Å²) >= 11 is 9.79. The van der Waals surface area contributed by atoms with Gasteiger partial charge in [-0.05, 0) is 115 Å². The number of hydrogen-bond donors (Lipinski definition) is 0. The van der Waals surface area contributed by atoms with Gasteiger partial charge in [-0.15, -0.1) is 0 Å². The molecule has 0 unspecified atom stereocenters. The zero-order chi connectivity index (χ0) is 10.7. The summed E-state index contributed by atoms with van der Waals surface area (Å²) in [7, 11) is 0. The Hall–Kier alpha value is 2.14. The van der Waals surface area contributed by atoms with Crippen molar-refractivity contribution in [3.63, 3.8) is 0 Å². The molecular formula is C10H10I4. The lowest BCUT2D eigenvalue weighted by Gasteiger charge is -2.10. The molecule has 78 valence electrons. The van der Waals surface area contributed by atoms with E-state index < -0.39 is 0 Å². The maximum absolute atomic E-state index is 2.48. The zero-order valence-electron chi connectivity index (χ0n) is 7.71. The van der Waals surface area contributed by atoms with Gasteiger partial charge in [-0.25, -0.2) is 0 Å². The van der Waals surface area contributed by atoms with Crippen LogP contribution >= 0.6 is 90.4 Å². The monoisotopic (exact) mass is 638 g/mol. The predicted octanol–water partition coefficient (Wildman–Crippen LogP) is 5.45. The van der Waals surface area contributed by atoms with Gasteiger partial charge in [0.25, 0.3) is 0 Å². The van der Waals surface area contributed by atoms with Crippen LogP contribution in [0.25, 0.3) is 0 Å². The molecule has 0 saturated carbocycles. The average Bonchev–Trinajstić information content (AvgIpc) is 2.14. The van der Waals surface area contributed by atoms with Crippen molar-refractivity contribution in [2.24, 2.45) is 0 Å². The van der Waals surface area contributed by atoms with Crippen molar-refractivity contribution in [1.82, 2.24) is 0 Å². The lowest BCUT2D eigenvalue weighted by atomic mass is 10.1. The van der Waals surface area contributed by atoms with Gasteiger partial charge in [-0.2, -0.15) is 0 Å². The fourth-order valence-corrected chi connectivity index (χ4v) is 5.58. The molecular weight excluding hydrogens is 628 g/mol. The van der Waals surface area contributed by atoms with E-state index in [0.29, 0.717) is 0 Å². The van der Waals surface area contributed by atoms with Crippen LogP contribution < -0.4 is 0 Å². The van der Waals surface area contributed by atoms with E-state index in [0.717, 1.165) is 0 Å². The Morgan fingerprint density at radius 2 is 1.64 bits per heavy atom. The van der Waals surface area contributed by atoms with Gasteiger partial charge in [-0.1, -0.05) is 13.3 Å². The summed E-state index contributed by atoms with van der Waals surface area (Å²) in [5, 5.41) is 0. The van der Waals surface area contributed by atoms with E-state index in [9.17, 15) is 0 Å². The summed E-state index contributed by atoms with van der Waals surface area (Å²) in [5.41, 5.74) is 1.54. The first-order valence-corrected chi connectivity index (χ1v) is 8.71. The molecule has 1 aromatic rings. The Kier molecular flexibility index (Phi) is 6.87. The highest BCUT2D eigenvalue weighted by Crippen LogP contribution is 2.29. The quantitative estimate of drug-likeness (QED) is 0.235. The van der Waals surface area contributed by atoms with Crippen LogP contribution in [0.3, 0.4) is 0 Å². The Bertz CT molecular complexity index is 333. The minimum atomic E-state index is 1.22. The van der Waals surface area contributed by atoms with Gasteiger partial charge >= 0.3 is 0 Å². The lowest BCUT2D eigenvalue weighted by molar-refractivity contribution is 0.789. The van der Waals surface area contributed by atoms with Crippen molar-refractivity contribution in [3.8, 4) is 0 Å². The number of benzene rings is 1. The highest BCUT2D eigenvalue weighted by molar-refractivity contribution is 14.1. The SMILES string of the molecule is CCCCc1c(I)cc(I)c(I)c1I. The van der Waals surface area contributed by atoms with Gasteiger partial charge in [0.05, 0.1) is 0 Å². The Morgan fingerprint density at radius 1 is 1.00 bits per heavy atom. The van der Waals surface area contributed by atoms with Crippen molar-refractivity contribution < 1.29 is 0 Å². The van der Waals surface area contributed by atoms with Gasteiger partial charge < -0.3 is 0 Å². The second-order valence-corrected chi connectivity index (χ2v) is 7.53. The Morgan fingerprint density at radius 3 is 2.21 bits per heavy atom. The number of unbranched alkanes of at least 4 members (excludes halogenated alkanes) is 1. The third kappa shape index (κ3) is 3.57. The Balaban J connectivity index is 3.09. The summed E-state index contributed by atoms with van der Waals surface area (Å²) in [6.45, 7) is 2.25. The largest absolute Gasteiger partial charge is 0.0654 e.